The number of rotatable bonds is 7. The van der Waals surface area contributed by atoms with Crippen molar-refractivity contribution >= 4 is 34.5 Å². The van der Waals surface area contributed by atoms with Crippen molar-refractivity contribution in [1.29, 1.82) is 0 Å². The first-order valence-electron chi connectivity index (χ1n) is 13.9. The highest BCUT2D eigenvalue weighted by Crippen LogP contribution is 2.37. The molecule has 1 aromatic carbocycles. The number of hydrogen-bond acceptors (Lipinski definition) is 8. The Hall–Kier alpha value is -4.76. The average molecular weight is 617 g/mol. The molecule has 1 aliphatic rings. The van der Waals surface area contributed by atoms with Gasteiger partial charge in [0.05, 0.1) is 28.9 Å². The number of benzene rings is 1. The van der Waals surface area contributed by atoms with E-state index >= 15 is 8.78 Å². The Bertz CT molecular complexity index is 1870. The summed E-state index contributed by atoms with van der Waals surface area (Å²) in [6, 6.07) is 5.78. The van der Waals surface area contributed by atoms with E-state index in [0.29, 0.717) is 22.7 Å². The largest absolute Gasteiger partial charge is 0.507 e. The molecule has 3 aromatic heterocycles. The summed E-state index contributed by atoms with van der Waals surface area (Å²) in [6.07, 6.45) is 11.1. The quantitative estimate of drug-likeness (QED) is 0.183. The van der Waals surface area contributed by atoms with Crippen molar-refractivity contribution in [1.82, 2.24) is 24.4 Å². The molecule has 1 atom stereocenters. The van der Waals surface area contributed by atoms with Crippen LogP contribution in [-0.4, -0.2) is 67.4 Å². The second-order valence-electron chi connectivity index (χ2n) is 10.6. The summed E-state index contributed by atoms with van der Waals surface area (Å²) in [4.78, 5) is 43.8. The highest BCUT2D eigenvalue weighted by atomic mass is 32.2. The summed E-state index contributed by atoms with van der Waals surface area (Å²) < 4.78 is 32.2. The van der Waals surface area contributed by atoms with Crippen molar-refractivity contribution in [2.45, 2.75) is 31.2 Å². The van der Waals surface area contributed by atoms with E-state index in [1.807, 2.05) is 20.1 Å². The molecule has 0 spiro atoms. The van der Waals surface area contributed by atoms with Gasteiger partial charge in [0.2, 0.25) is 5.91 Å². The fourth-order valence-electron chi connectivity index (χ4n) is 5.37. The van der Waals surface area contributed by atoms with E-state index in [0.717, 1.165) is 12.1 Å². The number of hydrogen-bond donors (Lipinski definition) is 1. The van der Waals surface area contributed by atoms with Crippen molar-refractivity contribution in [3.63, 3.8) is 0 Å². The lowest BCUT2D eigenvalue weighted by Gasteiger charge is -2.39. The minimum Gasteiger partial charge on any atom is -0.507 e. The molecule has 0 radical (unpaired) electrons. The molecular formula is C32H30F2N6O3S. The van der Waals surface area contributed by atoms with E-state index in [1.54, 1.807) is 17.2 Å². The second kappa shape index (κ2) is 12.5. The van der Waals surface area contributed by atoms with Crippen LogP contribution in [0.1, 0.15) is 19.5 Å². The average Bonchev–Trinajstić information content (AvgIpc) is 3.00. The fraction of sp³-hybridized carbons (Fsp3) is 0.281. The number of fused-ring (bicyclic) bond motifs is 1. The van der Waals surface area contributed by atoms with Crippen molar-refractivity contribution in [2.24, 2.45) is 5.92 Å². The lowest BCUT2D eigenvalue weighted by Crippen LogP contribution is -2.54. The summed E-state index contributed by atoms with van der Waals surface area (Å²) in [5, 5.41) is 10.6. The first-order valence-corrected chi connectivity index (χ1v) is 15.1. The molecule has 1 fully saturated rings. The number of phenols is 1. The van der Waals surface area contributed by atoms with Gasteiger partial charge in [0, 0.05) is 24.2 Å². The Kier molecular flexibility index (Phi) is 8.69. The lowest BCUT2D eigenvalue weighted by molar-refractivity contribution is -0.126. The number of carbonyl (C=O) groups excluding carboxylic acids is 1. The van der Waals surface area contributed by atoms with Gasteiger partial charge in [-0.25, -0.2) is 23.1 Å². The molecule has 4 heterocycles. The standard InChI is InChI=1S/C32H30F2N6O3S/c1-6-19-17-38(26(42)7-2)13-14-39(19)30-20-16-22(34)28(27-21(33)9-8-10-24(27)41)36-31(20)40(32(43)37-30)29-23(15-18(3)4)35-12-11-25(29)44-5/h1,7-12,16,18-19,41H,2,13-15,17H2,3-5H3. The number of nitrogens with zero attached hydrogens (tertiary/aromatic N) is 6. The zero-order chi connectivity index (χ0) is 31.7. The smallest absolute Gasteiger partial charge is 0.355 e. The zero-order valence-electron chi connectivity index (χ0n) is 24.4. The number of pyridine rings is 2. The number of aromatic nitrogens is 4. The maximum atomic E-state index is 15.9. The first kappa shape index (κ1) is 30.7. The van der Waals surface area contributed by atoms with Crippen LogP contribution in [0.4, 0.5) is 14.6 Å². The van der Waals surface area contributed by atoms with Crippen molar-refractivity contribution in [2.75, 3.05) is 30.8 Å². The van der Waals surface area contributed by atoms with Gasteiger partial charge >= 0.3 is 5.69 Å². The van der Waals surface area contributed by atoms with Gasteiger partial charge in [0.15, 0.2) is 11.5 Å². The van der Waals surface area contributed by atoms with Crippen LogP contribution in [0.15, 0.2) is 58.9 Å². The van der Waals surface area contributed by atoms with Crippen molar-refractivity contribution in [3.8, 4) is 35.0 Å². The molecular weight excluding hydrogens is 586 g/mol. The van der Waals surface area contributed by atoms with Crippen molar-refractivity contribution in [3.05, 3.63) is 77.0 Å². The van der Waals surface area contributed by atoms with E-state index < -0.39 is 40.4 Å². The van der Waals surface area contributed by atoms with Crippen molar-refractivity contribution < 1.29 is 18.7 Å². The van der Waals surface area contributed by atoms with Gasteiger partial charge in [0.1, 0.15) is 29.1 Å². The number of terminal acetylenes is 1. The summed E-state index contributed by atoms with van der Waals surface area (Å²) in [5.74, 6) is 0.261. The number of thioether (sulfide) groups is 1. The van der Waals surface area contributed by atoms with E-state index in [9.17, 15) is 14.7 Å². The molecule has 1 amide bonds. The number of piperazine rings is 1. The normalized spacial score (nSPS) is 15.1. The molecule has 9 nitrogen and oxygen atoms in total. The Morgan fingerprint density at radius 3 is 2.68 bits per heavy atom. The summed E-state index contributed by atoms with van der Waals surface area (Å²) in [6.45, 7) is 8.14. The van der Waals surface area contributed by atoms with Gasteiger partial charge < -0.3 is 14.9 Å². The molecule has 0 saturated carbocycles. The molecule has 1 aliphatic heterocycles. The molecule has 1 saturated heterocycles. The number of anilines is 1. The van der Waals surface area contributed by atoms with Gasteiger partial charge in [-0.2, -0.15) is 4.98 Å². The van der Waals surface area contributed by atoms with Crippen LogP contribution >= 0.6 is 11.8 Å². The van der Waals surface area contributed by atoms with Crippen LogP contribution in [0.2, 0.25) is 0 Å². The van der Waals surface area contributed by atoms with Crippen LogP contribution in [-0.2, 0) is 11.2 Å². The third-order valence-electron chi connectivity index (χ3n) is 7.37. The summed E-state index contributed by atoms with van der Waals surface area (Å²) >= 11 is 1.39. The molecule has 1 unspecified atom stereocenters. The fourth-order valence-corrected chi connectivity index (χ4v) is 5.97. The van der Waals surface area contributed by atoms with Gasteiger partial charge in [-0.05, 0) is 48.9 Å². The van der Waals surface area contributed by atoms with Crippen LogP contribution in [0, 0.1) is 29.9 Å². The monoisotopic (exact) mass is 616 g/mol. The Balaban J connectivity index is 1.86. The molecule has 0 bridgehead atoms. The van der Waals surface area contributed by atoms with E-state index in [2.05, 4.69) is 27.5 Å². The highest BCUT2D eigenvalue weighted by molar-refractivity contribution is 7.98. The Morgan fingerprint density at radius 2 is 2.02 bits per heavy atom. The minimum absolute atomic E-state index is 0.0206. The SMILES string of the molecule is C#CC1CN(C(=O)C=C)CCN1c1nc(=O)n(-c2c(SC)ccnc2CC(C)C)c2nc(-c3c(O)cccc3F)c(F)cc12. The Labute approximate surface area is 257 Å². The minimum atomic E-state index is -0.942. The maximum absolute atomic E-state index is 15.9. The van der Waals surface area contributed by atoms with Crippen LogP contribution < -0.4 is 10.6 Å². The topological polar surface area (TPSA) is 104 Å². The number of amides is 1. The van der Waals surface area contributed by atoms with E-state index in [4.69, 9.17) is 6.42 Å². The third-order valence-corrected chi connectivity index (χ3v) is 8.14. The van der Waals surface area contributed by atoms with E-state index in [1.165, 1.54) is 39.4 Å². The molecule has 226 valence electrons. The third kappa shape index (κ3) is 5.51. The number of halogens is 2. The predicted molar refractivity (Wildman–Crippen MR) is 167 cm³/mol. The van der Waals surface area contributed by atoms with Crippen LogP contribution in [0.5, 0.6) is 5.75 Å². The number of phenolic OH excluding ortho intramolecular Hbond substituents is 1. The number of carbonyl (C=O) groups is 1. The number of aromatic hydroxyl groups is 1. The van der Waals surface area contributed by atoms with Gasteiger partial charge in [0.25, 0.3) is 0 Å². The zero-order valence-corrected chi connectivity index (χ0v) is 25.2. The molecule has 0 aliphatic carbocycles. The molecule has 1 N–H and O–H groups in total. The Morgan fingerprint density at radius 1 is 1.25 bits per heavy atom. The van der Waals surface area contributed by atoms with Crippen LogP contribution in [0.3, 0.4) is 0 Å². The highest BCUT2D eigenvalue weighted by Gasteiger charge is 2.32. The summed E-state index contributed by atoms with van der Waals surface area (Å²) in [7, 11) is 0. The van der Waals surface area contributed by atoms with Gasteiger partial charge in [-0.3, -0.25) is 9.78 Å². The molecule has 12 heteroatoms. The summed E-state index contributed by atoms with van der Waals surface area (Å²) in [5.41, 5.74) is -0.643. The van der Waals surface area contributed by atoms with E-state index in [-0.39, 0.29) is 48.3 Å². The molecule has 44 heavy (non-hydrogen) atoms. The maximum Gasteiger partial charge on any atom is 0.355 e. The molecule has 5 rings (SSSR count). The van der Waals surface area contributed by atoms with Crippen LogP contribution in [0.25, 0.3) is 28.0 Å². The lowest BCUT2D eigenvalue weighted by atomic mass is 10.1. The molecule has 4 aromatic rings. The second-order valence-corrected chi connectivity index (χ2v) is 11.5. The predicted octanol–water partition coefficient (Wildman–Crippen LogP) is 4.58. The first-order chi connectivity index (χ1) is 21.1. The van der Waals surface area contributed by atoms with Gasteiger partial charge in [-0.1, -0.05) is 32.4 Å². The van der Waals surface area contributed by atoms with Gasteiger partial charge in [-0.15, -0.1) is 18.2 Å².